The first-order valence-electron chi connectivity index (χ1n) is 9.49. The molecule has 0 fully saturated rings. The molecule has 5 heteroatoms. The van der Waals surface area contributed by atoms with Crippen molar-refractivity contribution >= 4 is 23.2 Å². The summed E-state index contributed by atoms with van der Waals surface area (Å²) < 4.78 is 0. The SMILES string of the molecule is Cc1cccc(NC(=O)c2cccc(C(=O)Nc3ccc(C(C)(C)C)cc3)n2)c1. The van der Waals surface area contributed by atoms with Crippen LogP contribution in [-0.2, 0) is 5.41 Å². The molecule has 0 saturated heterocycles. The zero-order valence-electron chi connectivity index (χ0n) is 17.1. The summed E-state index contributed by atoms with van der Waals surface area (Å²) in [4.78, 5) is 29.3. The first-order valence-corrected chi connectivity index (χ1v) is 9.49. The van der Waals surface area contributed by atoms with Gasteiger partial charge in [0.1, 0.15) is 11.4 Å². The van der Waals surface area contributed by atoms with Crippen LogP contribution in [0.25, 0.3) is 0 Å². The lowest BCUT2D eigenvalue weighted by molar-refractivity contribution is 0.101. The monoisotopic (exact) mass is 387 g/mol. The Labute approximate surface area is 171 Å². The highest BCUT2D eigenvalue weighted by Gasteiger charge is 2.15. The fraction of sp³-hybridized carbons (Fsp3) is 0.208. The van der Waals surface area contributed by atoms with Crippen molar-refractivity contribution < 1.29 is 9.59 Å². The van der Waals surface area contributed by atoms with Gasteiger partial charge in [0, 0.05) is 11.4 Å². The number of nitrogens with one attached hydrogen (secondary N) is 2. The molecule has 5 nitrogen and oxygen atoms in total. The quantitative estimate of drug-likeness (QED) is 0.647. The van der Waals surface area contributed by atoms with Crippen molar-refractivity contribution in [3.05, 3.63) is 89.2 Å². The second kappa shape index (κ2) is 8.27. The first kappa shape index (κ1) is 20.3. The number of carbonyl (C=O) groups excluding carboxylic acids is 2. The van der Waals surface area contributed by atoms with Crippen molar-refractivity contribution in [3.8, 4) is 0 Å². The van der Waals surface area contributed by atoms with Crippen molar-refractivity contribution in [2.75, 3.05) is 10.6 Å². The number of hydrogen-bond acceptors (Lipinski definition) is 3. The number of benzene rings is 2. The Morgan fingerprint density at radius 1 is 0.759 bits per heavy atom. The van der Waals surface area contributed by atoms with E-state index in [1.807, 2.05) is 55.5 Å². The minimum absolute atomic E-state index is 0.0447. The Morgan fingerprint density at radius 2 is 1.31 bits per heavy atom. The third-order valence-electron chi connectivity index (χ3n) is 4.50. The van der Waals surface area contributed by atoms with Crippen molar-refractivity contribution in [2.24, 2.45) is 0 Å². The Bertz CT molecular complexity index is 1030. The largest absolute Gasteiger partial charge is 0.321 e. The number of amides is 2. The molecule has 2 N–H and O–H groups in total. The summed E-state index contributed by atoms with van der Waals surface area (Å²) in [6.45, 7) is 8.36. The van der Waals surface area contributed by atoms with E-state index in [0.717, 1.165) is 5.56 Å². The lowest BCUT2D eigenvalue weighted by Crippen LogP contribution is -2.18. The Balaban J connectivity index is 1.71. The smallest absolute Gasteiger partial charge is 0.274 e. The molecule has 0 atom stereocenters. The maximum Gasteiger partial charge on any atom is 0.274 e. The molecular weight excluding hydrogens is 362 g/mol. The van der Waals surface area contributed by atoms with Crippen LogP contribution in [0.15, 0.2) is 66.7 Å². The van der Waals surface area contributed by atoms with E-state index in [1.54, 1.807) is 18.2 Å². The minimum Gasteiger partial charge on any atom is -0.321 e. The average molecular weight is 387 g/mol. The molecule has 29 heavy (non-hydrogen) atoms. The van der Waals surface area contributed by atoms with Crippen LogP contribution in [-0.4, -0.2) is 16.8 Å². The standard InChI is InChI=1S/C24H25N3O2/c1-16-7-5-8-19(15-16)26-23(29)21-10-6-9-20(27-21)22(28)25-18-13-11-17(12-14-18)24(2,3)4/h5-15H,1-4H3,(H,25,28)(H,26,29). The van der Waals surface area contributed by atoms with Gasteiger partial charge in [-0.05, 0) is 59.9 Å². The number of carbonyl (C=O) groups is 2. The lowest BCUT2D eigenvalue weighted by atomic mass is 9.87. The predicted octanol–water partition coefficient (Wildman–Crippen LogP) is 5.19. The van der Waals surface area contributed by atoms with E-state index >= 15 is 0 Å². The van der Waals surface area contributed by atoms with Crippen LogP contribution < -0.4 is 10.6 Å². The fourth-order valence-corrected chi connectivity index (χ4v) is 2.85. The average Bonchev–Trinajstić information content (AvgIpc) is 2.68. The normalized spacial score (nSPS) is 11.0. The molecule has 0 aliphatic carbocycles. The third-order valence-corrected chi connectivity index (χ3v) is 4.50. The van der Waals surface area contributed by atoms with Gasteiger partial charge in [0.05, 0.1) is 0 Å². The fourth-order valence-electron chi connectivity index (χ4n) is 2.85. The molecular formula is C24H25N3O2. The van der Waals surface area contributed by atoms with Crippen LogP contribution in [0.1, 0.15) is 52.9 Å². The molecule has 0 aliphatic heterocycles. The molecule has 0 aliphatic rings. The summed E-state index contributed by atoms with van der Waals surface area (Å²) >= 11 is 0. The van der Waals surface area contributed by atoms with Crippen molar-refractivity contribution in [3.63, 3.8) is 0 Å². The number of hydrogen-bond donors (Lipinski definition) is 2. The van der Waals surface area contributed by atoms with Crippen LogP contribution in [0.2, 0.25) is 0 Å². The topological polar surface area (TPSA) is 71.1 Å². The van der Waals surface area contributed by atoms with Gasteiger partial charge >= 0.3 is 0 Å². The van der Waals surface area contributed by atoms with Crippen LogP contribution >= 0.6 is 0 Å². The molecule has 0 unspecified atom stereocenters. The van der Waals surface area contributed by atoms with Gasteiger partial charge in [-0.15, -0.1) is 0 Å². The van der Waals surface area contributed by atoms with Gasteiger partial charge in [0.2, 0.25) is 0 Å². The minimum atomic E-state index is -0.362. The number of pyridine rings is 1. The lowest BCUT2D eigenvalue weighted by Gasteiger charge is -2.19. The van der Waals surface area contributed by atoms with Gasteiger partial charge in [0.15, 0.2) is 0 Å². The van der Waals surface area contributed by atoms with E-state index in [0.29, 0.717) is 11.4 Å². The number of rotatable bonds is 4. The van der Waals surface area contributed by atoms with Crippen LogP contribution in [0.5, 0.6) is 0 Å². The summed E-state index contributed by atoms with van der Waals surface area (Å²) in [6, 6.07) is 20.0. The van der Waals surface area contributed by atoms with Crippen molar-refractivity contribution in [1.82, 2.24) is 4.98 Å². The van der Waals surface area contributed by atoms with E-state index in [9.17, 15) is 9.59 Å². The molecule has 2 aromatic carbocycles. The highest BCUT2D eigenvalue weighted by atomic mass is 16.2. The molecule has 3 aromatic rings. The summed E-state index contributed by atoms with van der Waals surface area (Å²) in [5.74, 6) is -0.724. The maximum atomic E-state index is 12.6. The molecule has 148 valence electrons. The van der Waals surface area contributed by atoms with Gasteiger partial charge in [0.25, 0.3) is 11.8 Å². The second-order valence-electron chi connectivity index (χ2n) is 8.01. The van der Waals surface area contributed by atoms with Gasteiger partial charge in [-0.25, -0.2) is 4.98 Å². The molecule has 3 rings (SSSR count). The summed E-state index contributed by atoms with van der Waals surface area (Å²) in [5.41, 5.74) is 4.00. The molecule has 0 radical (unpaired) electrons. The van der Waals surface area contributed by atoms with Gasteiger partial charge < -0.3 is 10.6 Å². The number of anilines is 2. The number of nitrogens with zero attached hydrogens (tertiary/aromatic N) is 1. The zero-order valence-corrected chi connectivity index (χ0v) is 17.1. The van der Waals surface area contributed by atoms with E-state index in [-0.39, 0.29) is 28.6 Å². The van der Waals surface area contributed by atoms with E-state index in [1.165, 1.54) is 5.56 Å². The maximum absolute atomic E-state index is 12.6. The Hall–Kier alpha value is -3.47. The molecule has 0 spiro atoms. The van der Waals surface area contributed by atoms with E-state index < -0.39 is 0 Å². The summed E-state index contributed by atoms with van der Waals surface area (Å²) in [7, 11) is 0. The Morgan fingerprint density at radius 3 is 1.86 bits per heavy atom. The zero-order chi connectivity index (χ0) is 21.0. The molecule has 1 aromatic heterocycles. The molecule has 2 amide bonds. The highest BCUT2D eigenvalue weighted by molar-refractivity contribution is 6.06. The molecule has 0 bridgehead atoms. The third kappa shape index (κ3) is 5.29. The van der Waals surface area contributed by atoms with Gasteiger partial charge in [-0.2, -0.15) is 0 Å². The van der Waals surface area contributed by atoms with Gasteiger partial charge in [-0.1, -0.05) is 51.1 Å². The highest BCUT2D eigenvalue weighted by Crippen LogP contribution is 2.23. The first-order chi connectivity index (χ1) is 13.7. The van der Waals surface area contributed by atoms with Crippen LogP contribution in [0, 0.1) is 6.92 Å². The van der Waals surface area contributed by atoms with E-state index in [4.69, 9.17) is 0 Å². The Kier molecular flexibility index (Phi) is 5.78. The van der Waals surface area contributed by atoms with Crippen LogP contribution in [0.3, 0.4) is 0 Å². The second-order valence-corrected chi connectivity index (χ2v) is 8.01. The van der Waals surface area contributed by atoms with Crippen LogP contribution in [0.4, 0.5) is 11.4 Å². The number of aryl methyl sites for hydroxylation is 1. The van der Waals surface area contributed by atoms with Crippen molar-refractivity contribution in [1.29, 1.82) is 0 Å². The summed E-state index contributed by atoms with van der Waals surface area (Å²) in [5, 5.41) is 5.63. The van der Waals surface area contributed by atoms with E-state index in [2.05, 4.69) is 36.4 Å². The molecule has 0 saturated carbocycles. The predicted molar refractivity (Wildman–Crippen MR) is 116 cm³/mol. The molecule has 1 heterocycles. The number of aromatic nitrogens is 1. The van der Waals surface area contributed by atoms with Crippen molar-refractivity contribution in [2.45, 2.75) is 33.1 Å². The van der Waals surface area contributed by atoms with Gasteiger partial charge in [-0.3, -0.25) is 9.59 Å². The summed E-state index contributed by atoms with van der Waals surface area (Å²) in [6.07, 6.45) is 0.